The number of hydrogen-bond donors (Lipinski definition) is 2. The van der Waals surface area contributed by atoms with Gasteiger partial charge in [-0.1, -0.05) is 6.07 Å². The van der Waals surface area contributed by atoms with Gasteiger partial charge in [0, 0.05) is 30.7 Å². The van der Waals surface area contributed by atoms with E-state index in [4.69, 9.17) is 5.73 Å². The fraction of sp³-hybridized carbons (Fsp3) is 0.500. The molecule has 7 heteroatoms. The molecule has 0 aromatic carbocycles. The molecule has 0 radical (unpaired) electrons. The minimum atomic E-state index is 0. The molecule has 0 unspecified atom stereocenters. The molecule has 0 bridgehead atoms. The highest BCUT2D eigenvalue weighted by Crippen LogP contribution is 2.13. The van der Waals surface area contributed by atoms with E-state index in [2.05, 4.69) is 46.8 Å². The highest BCUT2D eigenvalue weighted by molar-refractivity contribution is 14.0. The van der Waals surface area contributed by atoms with Crippen molar-refractivity contribution >= 4 is 41.3 Å². The molecule has 0 saturated heterocycles. The van der Waals surface area contributed by atoms with E-state index in [-0.39, 0.29) is 24.0 Å². The molecule has 0 saturated carbocycles. The number of aromatic nitrogens is 2. The van der Waals surface area contributed by atoms with Gasteiger partial charge in [0.2, 0.25) is 0 Å². The number of halogens is 1. The summed E-state index contributed by atoms with van der Waals surface area (Å²) in [7, 11) is 1.99. The summed E-state index contributed by atoms with van der Waals surface area (Å²) >= 11 is 1.77. The van der Waals surface area contributed by atoms with Crippen molar-refractivity contribution in [1.82, 2.24) is 15.1 Å². The summed E-state index contributed by atoms with van der Waals surface area (Å²) in [6, 6.07) is 4.21. The number of thiophene rings is 1. The Hall–Kier alpha value is -1.09. The van der Waals surface area contributed by atoms with Crippen LogP contribution in [0.25, 0.3) is 0 Å². The first-order valence-corrected chi connectivity index (χ1v) is 8.51. The number of aliphatic imine (C=N–C) groups is 1. The number of aryl methyl sites for hydroxylation is 2. The molecule has 23 heavy (non-hydrogen) atoms. The molecule has 128 valence electrons. The first-order valence-electron chi connectivity index (χ1n) is 7.63. The zero-order valence-electron chi connectivity index (χ0n) is 14.0. The van der Waals surface area contributed by atoms with E-state index in [1.54, 1.807) is 11.3 Å². The van der Waals surface area contributed by atoms with Crippen molar-refractivity contribution in [2.75, 3.05) is 13.1 Å². The summed E-state index contributed by atoms with van der Waals surface area (Å²) in [5.74, 6) is 0.538. The number of nitrogens with two attached hydrogens (primary N) is 1. The lowest BCUT2D eigenvalue weighted by Gasteiger charge is -2.05. The average Bonchev–Trinajstić information content (AvgIpc) is 3.07. The summed E-state index contributed by atoms with van der Waals surface area (Å²) in [6.07, 6.45) is 2.97. The molecule has 0 aliphatic carbocycles. The maximum atomic E-state index is 5.88. The van der Waals surface area contributed by atoms with E-state index in [1.807, 2.05) is 11.7 Å². The van der Waals surface area contributed by atoms with E-state index < -0.39 is 0 Å². The molecule has 0 fully saturated rings. The van der Waals surface area contributed by atoms with Crippen LogP contribution in [0, 0.1) is 13.8 Å². The van der Waals surface area contributed by atoms with Crippen molar-refractivity contribution in [3.8, 4) is 0 Å². The lowest BCUT2D eigenvalue weighted by Crippen LogP contribution is -2.33. The number of guanidine groups is 1. The van der Waals surface area contributed by atoms with Crippen molar-refractivity contribution in [2.24, 2.45) is 17.8 Å². The minimum Gasteiger partial charge on any atom is -0.370 e. The van der Waals surface area contributed by atoms with Gasteiger partial charge >= 0.3 is 0 Å². The Kier molecular flexibility index (Phi) is 8.60. The van der Waals surface area contributed by atoms with Crippen LogP contribution in [-0.2, 0) is 19.9 Å². The molecular formula is C16H26IN5S. The van der Waals surface area contributed by atoms with Crippen molar-refractivity contribution < 1.29 is 0 Å². The molecule has 0 atom stereocenters. The Morgan fingerprint density at radius 3 is 2.78 bits per heavy atom. The first kappa shape index (κ1) is 20.0. The molecular weight excluding hydrogens is 421 g/mol. The van der Waals surface area contributed by atoms with Crippen molar-refractivity contribution in [3.63, 3.8) is 0 Å². The number of hydrogen-bond acceptors (Lipinski definition) is 3. The lowest BCUT2D eigenvalue weighted by molar-refractivity contribution is 0.728. The van der Waals surface area contributed by atoms with Crippen LogP contribution < -0.4 is 11.1 Å². The Balaban J connectivity index is 0.00000264. The van der Waals surface area contributed by atoms with Gasteiger partial charge in [-0.15, -0.1) is 35.3 Å². The van der Waals surface area contributed by atoms with Crippen LogP contribution in [0.3, 0.4) is 0 Å². The second-order valence-corrected chi connectivity index (χ2v) is 6.43. The van der Waals surface area contributed by atoms with Crippen molar-refractivity contribution in [1.29, 1.82) is 0 Å². The average molecular weight is 447 g/mol. The molecule has 2 heterocycles. The molecule has 0 aliphatic rings. The topological polar surface area (TPSA) is 68.2 Å². The van der Waals surface area contributed by atoms with Crippen LogP contribution in [0.1, 0.15) is 28.2 Å². The van der Waals surface area contributed by atoms with E-state index in [0.717, 1.165) is 38.0 Å². The third kappa shape index (κ3) is 6.14. The summed E-state index contributed by atoms with van der Waals surface area (Å²) in [6.45, 7) is 5.74. The zero-order chi connectivity index (χ0) is 15.9. The van der Waals surface area contributed by atoms with Gasteiger partial charge in [-0.2, -0.15) is 5.10 Å². The molecule has 3 N–H and O–H groups in total. The third-order valence-electron chi connectivity index (χ3n) is 3.78. The molecule has 0 spiro atoms. The Labute approximate surface area is 159 Å². The van der Waals surface area contributed by atoms with Crippen LogP contribution in [-0.4, -0.2) is 28.8 Å². The van der Waals surface area contributed by atoms with Crippen LogP contribution in [0.4, 0.5) is 0 Å². The Bertz CT molecular complexity index is 619. The fourth-order valence-electron chi connectivity index (χ4n) is 2.46. The molecule has 2 rings (SSSR count). The van der Waals surface area contributed by atoms with Gasteiger partial charge in [-0.3, -0.25) is 9.67 Å². The number of nitrogens with zero attached hydrogens (tertiary/aromatic N) is 3. The van der Waals surface area contributed by atoms with Gasteiger partial charge in [0.15, 0.2) is 5.96 Å². The zero-order valence-corrected chi connectivity index (χ0v) is 17.1. The largest absolute Gasteiger partial charge is 0.370 e. The van der Waals surface area contributed by atoms with E-state index in [0.29, 0.717) is 5.96 Å². The minimum absolute atomic E-state index is 0. The van der Waals surface area contributed by atoms with Gasteiger partial charge in [0.25, 0.3) is 0 Å². The standard InChI is InChI=1S/C16H25N5S.HI/c1-12-15(13(2)21(3)20-12)7-4-9-18-16(17)19-10-8-14-6-5-11-22-14;/h5-6,11H,4,7-10H2,1-3H3,(H3,17,18,19);1H. The maximum Gasteiger partial charge on any atom is 0.188 e. The van der Waals surface area contributed by atoms with E-state index in [9.17, 15) is 0 Å². The lowest BCUT2D eigenvalue weighted by atomic mass is 10.1. The fourth-order valence-corrected chi connectivity index (χ4v) is 3.17. The highest BCUT2D eigenvalue weighted by atomic mass is 127. The van der Waals surface area contributed by atoms with Crippen LogP contribution >= 0.6 is 35.3 Å². The molecule has 5 nitrogen and oxygen atoms in total. The molecule has 2 aromatic heterocycles. The summed E-state index contributed by atoms with van der Waals surface area (Å²) in [5, 5.41) is 9.69. The smallest absolute Gasteiger partial charge is 0.188 e. The van der Waals surface area contributed by atoms with E-state index >= 15 is 0 Å². The quantitative estimate of drug-likeness (QED) is 0.297. The summed E-state index contributed by atoms with van der Waals surface area (Å²) in [5.41, 5.74) is 9.57. The third-order valence-corrected chi connectivity index (χ3v) is 4.72. The van der Waals surface area contributed by atoms with Crippen molar-refractivity contribution in [3.05, 3.63) is 39.3 Å². The predicted molar refractivity (Wildman–Crippen MR) is 109 cm³/mol. The van der Waals surface area contributed by atoms with Crippen LogP contribution in [0.5, 0.6) is 0 Å². The van der Waals surface area contributed by atoms with Gasteiger partial charge in [0.05, 0.1) is 5.69 Å². The molecule has 2 aromatic rings. The number of nitrogens with one attached hydrogen (secondary N) is 1. The predicted octanol–water partition coefficient (Wildman–Crippen LogP) is 2.80. The van der Waals surface area contributed by atoms with Crippen LogP contribution in [0.15, 0.2) is 22.5 Å². The van der Waals surface area contributed by atoms with Crippen LogP contribution in [0.2, 0.25) is 0 Å². The van der Waals surface area contributed by atoms with Crippen molar-refractivity contribution in [2.45, 2.75) is 33.1 Å². The Morgan fingerprint density at radius 2 is 2.17 bits per heavy atom. The Morgan fingerprint density at radius 1 is 1.39 bits per heavy atom. The van der Waals surface area contributed by atoms with Gasteiger partial charge in [-0.05, 0) is 50.1 Å². The summed E-state index contributed by atoms with van der Waals surface area (Å²) < 4.78 is 1.94. The van der Waals surface area contributed by atoms with Gasteiger partial charge < -0.3 is 11.1 Å². The monoisotopic (exact) mass is 447 g/mol. The second-order valence-electron chi connectivity index (χ2n) is 5.40. The normalized spacial score (nSPS) is 11.3. The summed E-state index contributed by atoms with van der Waals surface area (Å²) in [4.78, 5) is 5.75. The van der Waals surface area contributed by atoms with Gasteiger partial charge in [-0.25, -0.2) is 0 Å². The number of rotatable bonds is 7. The van der Waals surface area contributed by atoms with Gasteiger partial charge in [0.1, 0.15) is 0 Å². The molecule has 0 aliphatic heterocycles. The first-order chi connectivity index (χ1) is 10.6. The SMILES string of the molecule is Cc1nn(C)c(C)c1CCCN=C(N)NCCc1cccs1.I. The maximum absolute atomic E-state index is 5.88. The highest BCUT2D eigenvalue weighted by Gasteiger charge is 2.08. The molecule has 0 amide bonds. The second kappa shape index (κ2) is 9.92. The van der Waals surface area contributed by atoms with E-state index in [1.165, 1.54) is 16.1 Å².